The van der Waals surface area contributed by atoms with Crippen molar-refractivity contribution in [1.82, 2.24) is 5.32 Å². The highest BCUT2D eigenvalue weighted by Gasteiger charge is 2.25. The minimum absolute atomic E-state index is 0.0112. The molecule has 2 rings (SSSR count). The molecule has 0 aliphatic carbocycles. The van der Waals surface area contributed by atoms with Gasteiger partial charge in [0.25, 0.3) is 0 Å². The maximum absolute atomic E-state index is 12.8. The molecule has 0 aliphatic heterocycles. The van der Waals surface area contributed by atoms with E-state index in [2.05, 4.69) is 48.4 Å². The zero-order chi connectivity index (χ0) is 26.2. The predicted molar refractivity (Wildman–Crippen MR) is 150 cm³/mol. The third-order valence-electron chi connectivity index (χ3n) is 5.89. The van der Waals surface area contributed by atoms with Crippen molar-refractivity contribution in [3.63, 3.8) is 0 Å². The van der Waals surface area contributed by atoms with E-state index in [9.17, 15) is 4.79 Å². The molecule has 0 spiro atoms. The molecule has 0 aliphatic rings. The van der Waals surface area contributed by atoms with Crippen molar-refractivity contribution in [1.29, 1.82) is 0 Å². The van der Waals surface area contributed by atoms with Crippen LogP contribution in [-0.2, 0) is 17.6 Å². The summed E-state index contributed by atoms with van der Waals surface area (Å²) in [6.45, 7) is 12.2. The molecular weight excluding hydrogens is 479 g/mol. The first-order chi connectivity index (χ1) is 16.3. The highest BCUT2D eigenvalue weighted by Crippen LogP contribution is 2.24. The van der Waals surface area contributed by atoms with Gasteiger partial charge in [-0.3, -0.25) is 4.79 Å². The highest BCUT2D eigenvalue weighted by molar-refractivity contribution is 6.35. The van der Waals surface area contributed by atoms with Gasteiger partial charge >= 0.3 is 0 Å². The fraction of sp³-hybridized carbons (Fsp3) is 0.464. The molecule has 0 aromatic heterocycles. The Morgan fingerprint density at radius 2 is 1.69 bits per heavy atom. The average Bonchev–Trinajstić information content (AvgIpc) is 2.75. The van der Waals surface area contributed by atoms with Crippen LogP contribution in [0.25, 0.3) is 0 Å². The average molecular weight is 518 g/mol. The number of hydrogen-bond donors (Lipinski definition) is 2. The standard InChI is InChI=1S/C28H38Cl2N4O/c1-19(33-34-20(2)28(6,31)17-21-10-8-7-9-11-21)25(18-27(3,4)5)32-26(35)15-13-22-12-14-23(29)16-24(22)30/h7-12,14,16,25H,13,15,17-18,31H2,1-6H3,(H,32,35)/b33-19+,34-20+/t25?,28-/m1/s1. The van der Waals surface area contributed by atoms with E-state index < -0.39 is 5.54 Å². The summed E-state index contributed by atoms with van der Waals surface area (Å²) in [4.78, 5) is 12.8. The molecule has 7 heteroatoms. The van der Waals surface area contributed by atoms with E-state index in [-0.39, 0.29) is 17.4 Å². The fourth-order valence-corrected chi connectivity index (χ4v) is 4.14. The van der Waals surface area contributed by atoms with Crippen LogP contribution in [0.2, 0.25) is 10.0 Å². The highest BCUT2D eigenvalue weighted by atomic mass is 35.5. The summed E-state index contributed by atoms with van der Waals surface area (Å²) in [5, 5.41) is 13.2. The van der Waals surface area contributed by atoms with E-state index >= 15 is 0 Å². The Kier molecular flexibility index (Phi) is 10.5. The van der Waals surface area contributed by atoms with E-state index in [1.54, 1.807) is 12.1 Å². The van der Waals surface area contributed by atoms with Crippen LogP contribution in [0.15, 0.2) is 58.7 Å². The van der Waals surface area contributed by atoms with Gasteiger partial charge in [-0.25, -0.2) is 0 Å². The van der Waals surface area contributed by atoms with Gasteiger partial charge in [-0.2, -0.15) is 10.2 Å². The van der Waals surface area contributed by atoms with Crippen molar-refractivity contribution in [2.45, 2.75) is 78.8 Å². The zero-order valence-corrected chi connectivity index (χ0v) is 23.2. The number of carbonyl (C=O) groups is 1. The van der Waals surface area contributed by atoms with Crippen LogP contribution in [0.3, 0.4) is 0 Å². The van der Waals surface area contributed by atoms with E-state index in [0.717, 1.165) is 29.0 Å². The number of amides is 1. The lowest BCUT2D eigenvalue weighted by Gasteiger charge is -2.27. The number of hydrogen-bond acceptors (Lipinski definition) is 4. The second kappa shape index (κ2) is 12.7. The quantitative estimate of drug-likeness (QED) is 0.274. The van der Waals surface area contributed by atoms with Gasteiger partial charge in [-0.1, -0.05) is 80.4 Å². The molecule has 3 N–H and O–H groups in total. The van der Waals surface area contributed by atoms with Crippen molar-refractivity contribution < 1.29 is 4.79 Å². The predicted octanol–water partition coefficient (Wildman–Crippen LogP) is 6.64. The third kappa shape index (κ3) is 10.1. The van der Waals surface area contributed by atoms with Crippen LogP contribution in [0.4, 0.5) is 0 Å². The lowest BCUT2D eigenvalue weighted by Crippen LogP contribution is -2.45. The van der Waals surface area contributed by atoms with Crippen LogP contribution in [0, 0.1) is 5.41 Å². The molecule has 1 amide bonds. The van der Waals surface area contributed by atoms with Gasteiger partial charge in [0.1, 0.15) is 0 Å². The lowest BCUT2D eigenvalue weighted by molar-refractivity contribution is -0.121. The first-order valence-electron chi connectivity index (χ1n) is 11.9. The van der Waals surface area contributed by atoms with Crippen LogP contribution in [0.1, 0.15) is 65.5 Å². The summed E-state index contributed by atoms with van der Waals surface area (Å²) in [5.41, 5.74) is 9.44. The number of benzene rings is 2. The summed E-state index contributed by atoms with van der Waals surface area (Å²) in [6.07, 6.45) is 2.24. The Labute approximate surface area is 220 Å². The normalized spacial score (nSPS) is 15.5. The Bertz CT molecular complexity index is 1060. The lowest BCUT2D eigenvalue weighted by atomic mass is 9.86. The smallest absolute Gasteiger partial charge is 0.220 e. The first-order valence-corrected chi connectivity index (χ1v) is 12.7. The minimum Gasteiger partial charge on any atom is -0.348 e. The Morgan fingerprint density at radius 1 is 1.03 bits per heavy atom. The molecular formula is C28H38Cl2N4O. The van der Waals surface area contributed by atoms with Crippen molar-refractivity contribution in [2.24, 2.45) is 21.4 Å². The molecule has 5 nitrogen and oxygen atoms in total. The summed E-state index contributed by atoms with van der Waals surface area (Å²) in [6, 6.07) is 15.2. The van der Waals surface area contributed by atoms with Gasteiger partial charge in [-0.15, -0.1) is 0 Å². The van der Waals surface area contributed by atoms with Gasteiger partial charge in [-0.05, 0) is 68.7 Å². The minimum atomic E-state index is -0.633. The molecule has 2 aromatic rings. The molecule has 2 atom stereocenters. The monoisotopic (exact) mass is 516 g/mol. The number of aryl methyl sites for hydroxylation is 1. The van der Waals surface area contributed by atoms with Crippen molar-refractivity contribution in [2.75, 3.05) is 0 Å². The number of carbonyl (C=O) groups excluding carboxylic acids is 1. The molecule has 0 fully saturated rings. The number of nitrogens with zero attached hydrogens (tertiary/aromatic N) is 2. The Balaban J connectivity index is 2.11. The summed E-state index contributed by atoms with van der Waals surface area (Å²) in [7, 11) is 0. The Hall–Kier alpha value is -2.21. The molecule has 1 unspecified atom stereocenters. The van der Waals surface area contributed by atoms with Crippen LogP contribution < -0.4 is 11.1 Å². The van der Waals surface area contributed by atoms with E-state index in [1.807, 2.05) is 45.0 Å². The van der Waals surface area contributed by atoms with E-state index in [4.69, 9.17) is 28.9 Å². The number of nitrogens with two attached hydrogens (primary N) is 1. The maximum atomic E-state index is 12.8. The molecule has 190 valence electrons. The molecule has 0 heterocycles. The van der Waals surface area contributed by atoms with Gasteiger partial charge in [0.15, 0.2) is 0 Å². The number of halogens is 2. The van der Waals surface area contributed by atoms with Crippen molar-refractivity contribution in [3.05, 3.63) is 69.7 Å². The largest absolute Gasteiger partial charge is 0.348 e. The fourth-order valence-electron chi connectivity index (χ4n) is 3.64. The van der Waals surface area contributed by atoms with Crippen LogP contribution in [0.5, 0.6) is 0 Å². The molecule has 0 radical (unpaired) electrons. The molecule has 0 bridgehead atoms. The Morgan fingerprint density at radius 3 is 2.29 bits per heavy atom. The van der Waals surface area contributed by atoms with Crippen LogP contribution >= 0.6 is 23.2 Å². The van der Waals surface area contributed by atoms with Crippen LogP contribution in [-0.4, -0.2) is 28.9 Å². The molecule has 2 aromatic carbocycles. The van der Waals surface area contributed by atoms with Crippen molar-refractivity contribution >= 4 is 40.5 Å². The van der Waals surface area contributed by atoms with Gasteiger partial charge in [0.05, 0.1) is 23.0 Å². The maximum Gasteiger partial charge on any atom is 0.220 e. The topological polar surface area (TPSA) is 79.8 Å². The van der Waals surface area contributed by atoms with Crippen molar-refractivity contribution in [3.8, 4) is 0 Å². The molecule has 0 saturated heterocycles. The molecule has 0 saturated carbocycles. The van der Waals surface area contributed by atoms with Gasteiger partial charge < -0.3 is 11.1 Å². The van der Waals surface area contributed by atoms with E-state index in [0.29, 0.717) is 29.3 Å². The molecule has 35 heavy (non-hydrogen) atoms. The second-order valence-corrected chi connectivity index (χ2v) is 11.5. The second-order valence-electron chi connectivity index (χ2n) is 10.6. The summed E-state index contributed by atoms with van der Waals surface area (Å²) < 4.78 is 0. The zero-order valence-electron chi connectivity index (χ0n) is 21.7. The number of rotatable bonds is 10. The summed E-state index contributed by atoms with van der Waals surface area (Å²) in [5.74, 6) is -0.0618. The summed E-state index contributed by atoms with van der Waals surface area (Å²) >= 11 is 12.2. The first kappa shape index (κ1) is 29.0. The third-order valence-corrected chi connectivity index (χ3v) is 6.48. The van der Waals surface area contributed by atoms with Gasteiger partial charge in [0, 0.05) is 16.5 Å². The number of nitrogens with one attached hydrogen (secondary N) is 1. The van der Waals surface area contributed by atoms with Gasteiger partial charge in [0.2, 0.25) is 5.91 Å². The van der Waals surface area contributed by atoms with E-state index in [1.165, 1.54) is 0 Å². The SMILES string of the molecule is C/C(=N\N=C(/C)[C@](C)(N)Cc1ccccc1)C(CC(C)(C)C)NC(=O)CCc1ccc(Cl)cc1Cl.